The SMILES string of the molecule is CNC(=O)c1sc(NCCOC)c(SC)c1N. The third kappa shape index (κ3) is 3.27. The van der Waals surface area contributed by atoms with Gasteiger partial charge in [0.15, 0.2) is 0 Å². The van der Waals surface area contributed by atoms with E-state index in [4.69, 9.17) is 10.5 Å². The number of nitrogens with two attached hydrogens (primary N) is 1. The smallest absolute Gasteiger partial charge is 0.263 e. The van der Waals surface area contributed by atoms with Crippen molar-refractivity contribution in [1.29, 1.82) is 0 Å². The third-order valence-corrected chi connectivity index (χ3v) is 4.25. The van der Waals surface area contributed by atoms with Gasteiger partial charge >= 0.3 is 0 Å². The second-order valence-corrected chi connectivity index (χ2v) is 5.04. The molecular weight excluding hydrogens is 258 g/mol. The van der Waals surface area contributed by atoms with Gasteiger partial charge in [0.25, 0.3) is 5.91 Å². The molecule has 7 heteroatoms. The quantitative estimate of drug-likeness (QED) is 0.541. The van der Waals surface area contributed by atoms with E-state index >= 15 is 0 Å². The number of nitrogen functional groups attached to an aromatic ring is 1. The van der Waals surface area contributed by atoms with Crippen LogP contribution < -0.4 is 16.4 Å². The fourth-order valence-corrected chi connectivity index (χ4v) is 3.30. The van der Waals surface area contributed by atoms with E-state index in [1.165, 1.54) is 23.1 Å². The molecule has 0 spiro atoms. The molecule has 0 saturated carbocycles. The summed E-state index contributed by atoms with van der Waals surface area (Å²) in [5.74, 6) is -0.150. The molecule has 17 heavy (non-hydrogen) atoms. The zero-order valence-electron chi connectivity index (χ0n) is 10.1. The highest BCUT2D eigenvalue weighted by Crippen LogP contribution is 2.41. The number of methoxy groups -OCH3 is 1. The van der Waals surface area contributed by atoms with Crippen LogP contribution in [0.4, 0.5) is 10.7 Å². The van der Waals surface area contributed by atoms with Gasteiger partial charge in [-0.1, -0.05) is 0 Å². The molecule has 0 aliphatic carbocycles. The number of carbonyl (C=O) groups excluding carboxylic acids is 1. The predicted octanol–water partition coefficient (Wildman–Crippen LogP) is 1.47. The number of nitrogens with one attached hydrogen (secondary N) is 2. The summed E-state index contributed by atoms with van der Waals surface area (Å²) in [5.41, 5.74) is 6.50. The Morgan fingerprint density at radius 2 is 2.29 bits per heavy atom. The van der Waals surface area contributed by atoms with Crippen LogP contribution in [0.25, 0.3) is 0 Å². The zero-order valence-corrected chi connectivity index (χ0v) is 11.8. The molecule has 1 heterocycles. The Kier molecular flexibility index (Phi) is 5.60. The molecule has 96 valence electrons. The molecule has 0 unspecified atom stereocenters. The van der Waals surface area contributed by atoms with Gasteiger partial charge in [-0.05, 0) is 6.26 Å². The highest BCUT2D eigenvalue weighted by molar-refractivity contribution is 7.99. The molecule has 0 bridgehead atoms. The summed E-state index contributed by atoms with van der Waals surface area (Å²) in [4.78, 5) is 13.1. The molecule has 5 nitrogen and oxygen atoms in total. The Morgan fingerprint density at radius 3 is 2.82 bits per heavy atom. The maximum Gasteiger partial charge on any atom is 0.263 e. The van der Waals surface area contributed by atoms with Crippen molar-refractivity contribution in [3.63, 3.8) is 0 Å². The van der Waals surface area contributed by atoms with E-state index in [0.717, 1.165) is 9.90 Å². The van der Waals surface area contributed by atoms with Crippen LogP contribution in [0.3, 0.4) is 0 Å². The lowest BCUT2D eigenvalue weighted by molar-refractivity contribution is 0.0968. The number of carbonyl (C=O) groups is 1. The normalized spacial score (nSPS) is 10.3. The average molecular weight is 275 g/mol. The van der Waals surface area contributed by atoms with E-state index in [0.29, 0.717) is 23.7 Å². The number of thiophene rings is 1. The summed E-state index contributed by atoms with van der Waals surface area (Å²) in [5, 5.41) is 6.72. The number of thioether (sulfide) groups is 1. The second-order valence-electron chi connectivity index (χ2n) is 3.21. The van der Waals surface area contributed by atoms with E-state index in [1.807, 2.05) is 6.26 Å². The molecule has 1 rings (SSSR count). The monoisotopic (exact) mass is 275 g/mol. The molecule has 0 fully saturated rings. The molecule has 4 N–H and O–H groups in total. The summed E-state index contributed by atoms with van der Waals surface area (Å²) >= 11 is 2.90. The van der Waals surface area contributed by atoms with Crippen LogP contribution in [0.15, 0.2) is 4.90 Å². The Labute approximate surface area is 109 Å². The second kappa shape index (κ2) is 6.73. The van der Waals surface area contributed by atoms with Crippen molar-refractivity contribution in [3.8, 4) is 0 Å². The van der Waals surface area contributed by atoms with E-state index < -0.39 is 0 Å². The van der Waals surface area contributed by atoms with Crippen LogP contribution in [0.2, 0.25) is 0 Å². The van der Waals surface area contributed by atoms with Crippen molar-refractivity contribution in [3.05, 3.63) is 4.88 Å². The minimum atomic E-state index is -0.150. The fraction of sp³-hybridized carbons (Fsp3) is 0.500. The number of rotatable bonds is 6. The van der Waals surface area contributed by atoms with Crippen LogP contribution in [0.5, 0.6) is 0 Å². The minimum Gasteiger partial charge on any atom is -0.396 e. The minimum absolute atomic E-state index is 0.150. The van der Waals surface area contributed by atoms with Gasteiger partial charge in [0.05, 0.1) is 17.2 Å². The lowest BCUT2D eigenvalue weighted by Gasteiger charge is -2.04. The van der Waals surface area contributed by atoms with Crippen molar-refractivity contribution in [1.82, 2.24) is 5.32 Å². The van der Waals surface area contributed by atoms with Crippen molar-refractivity contribution < 1.29 is 9.53 Å². The molecule has 1 aromatic rings. The van der Waals surface area contributed by atoms with E-state index in [9.17, 15) is 4.79 Å². The Hall–Kier alpha value is -0.920. The van der Waals surface area contributed by atoms with Crippen LogP contribution >= 0.6 is 23.1 Å². The maximum absolute atomic E-state index is 11.6. The van der Waals surface area contributed by atoms with Crippen molar-refractivity contribution in [2.75, 3.05) is 44.6 Å². The van der Waals surface area contributed by atoms with Gasteiger partial charge in [-0.25, -0.2) is 0 Å². The van der Waals surface area contributed by atoms with Crippen molar-refractivity contribution >= 4 is 39.7 Å². The van der Waals surface area contributed by atoms with Crippen LogP contribution in [-0.2, 0) is 4.74 Å². The number of anilines is 2. The Balaban J connectivity index is 2.92. The first kappa shape index (κ1) is 14.1. The zero-order chi connectivity index (χ0) is 12.8. The van der Waals surface area contributed by atoms with Crippen molar-refractivity contribution in [2.45, 2.75) is 4.90 Å². The summed E-state index contributed by atoms with van der Waals surface area (Å²) in [6, 6.07) is 0. The van der Waals surface area contributed by atoms with Crippen LogP contribution in [-0.4, -0.2) is 39.5 Å². The molecule has 0 aromatic carbocycles. The standard InChI is InChI=1S/C10H17N3O2S2/c1-12-9(14)7-6(11)8(16-3)10(17-7)13-4-5-15-2/h13H,4-5,11H2,1-3H3,(H,12,14). The van der Waals surface area contributed by atoms with Gasteiger partial charge in [0, 0.05) is 20.7 Å². The van der Waals surface area contributed by atoms with Gasteiger partial charge in [-0.3, -0.25) is 4.79 Å². The third-order valence-electron chi connectivity index (χ3n) is 2.13. The fourth-order valence-electron chi connectivity index (χ4n) is 1.30. The number of amides is 1. The molecule has 0 aliphatic rings. The largest absolute Gasteiger partial charge is 0.396 e. The lowest BCUT2D eigenvalue weighted by atomic mass is 10.3. The predicted molar refractivity (Wildman–Crippen MR) is 74.3 cm³/mol. The molecule has 0 radical (unpaired) electrons. The lowest BCUT2D eigenvalue weighted by Crippen LogP contribution is -2.17. The number of hydrogen-bond acceptors (Lipinski definition) is 6. The maximum atomic E-state index is 11.6. The molecule has 0 aliphatic heterocycles. The first-order chi connectivity index (χ1) is 8.15. The first-order valence-corrected chi connectivity index (χ1v) is 7.11. The highest BCUT2D eigenvalue weighted by atomic mass is 32.2. The van der Waals surface area contributed by atoms with Gasteiger partial charge in [-0.2, -0.15) is 0 Å². The van der Waals surface area contributed by atoms with Gasteiger partial charge in [-0.15, -0.1) is 23.1 Å². The number of hydrogen-bond donors (Lipinski definition) is 3. The first-order valence-electron chi connectivity index (χ1n) is 5.06. The summed E-state index contributed by atoms with van der Waals surface area (Å²) in [6.07, 6.45) is 1.94. The molecule has 1 aromatic heterocycles. The van der Waals surface area contributed by atoms with E-state index in [1.54, 1.807) is 14.2 Å². The summed E-state index contributed by atoms with van der Waals surface area (Å²) in [6.45, 7) is 1.30. The van der Waals surface area contributed by atoms with Crippen LogP contribution in [0.1, 0.15) is 9.67 Å². The average Bonchev–Trinajstić information content (AvgIpc) is 2.65. The van der Waals surface area contributed by atoms with Gasteiger partial charge in [0.1, 0.15) is 9.88 Å². The Bertz CT molecular complexity index is 393. The van der Waals surface area contributed by atoms with E-state index in [-0.39, 0.29) is 5.91 Å². The molecule has 0 atom stereocenters. The number of ether oxygens (including phenoxy) is 1. The summed E-state index contributed by atoms with van der Waals surface area (Å²) < 4.78 is 4.97. The van der Waals surface area contributed by atoms with Gasteiger partial charge in [0.2, 0.25) is 0 Å². The van der Waals surface area contributed by atoms with Crippen LogP contribution in [0, 0.1) is 0 Å². The van der Waals surface area contributed by atoms with E-state index in [2.05, 4.69) is 10.6 Å². The highest BCUT2D eigenvalue weighted by Gasteiger charge is 2.19. The molecule has 0 saturated heterocycles. The Morgan fingerprint density at radius 1 is 1.59 bits per heavy atom. The van der Waals surface area contributed by atoms with Gasteiger partial charge < -0.3 is 21.1 Å². The van der Waals surface area contributed by atoms with Crippen molar-refractivity contribution in [2.24, 2.45) is 0 Å². The topological polar surface area (TPSA) is 76.4 Å². The summed E-state index contributed by atoms with van der Waals surface area (Å²) in [7, 11) is 3.24. The molecular formula is C10H17N3O2S2. The molecule has 1 amide bonds.